The predicted molar refractivity (Wildman–Crippen MR) is 94.5 cm³/mol. The van der Waals surface area contributed by atoms with Gasteiger partial charge in [0, 0.05) is 38.3 Å². The highest BCUT2D eigenvalue weighted by Gasteiger charge is 2.20. The van der Waals surface area contributed by atoms with Crippen LogP contribution >= 0.6 is 11.9 Å². The second kappa shape index (κ2) is 7.37. The fourth-order valence-corrected chi connectivity index (χ4v) is 3.05. The fraction of sp³-hybridized carbons (Fsp3) is 0.294. The Bertz CT molecular complexity index is 706. The lowest BCUT2D eigenvalue weighted by Gasteiger charge is -2.23. The molecular formula is C17H21N3O2S. The summed E-state index contributed by atoms with van der Waals surface area (Å²) in [5.41, 5.74) is 2.87. The van der Waals surface area contributed by atoms with Gasteiger partial charge >= 0.3 is 0 Å². The molecule has 5 nitrogen and oxygen atoms in total. The number of pyridine rings is 1. The Morgan fingerprint density at radius 1 is 1.30 bits per heavy atom. The second-order valence-electron chi connectivity index (χ2n) is 5.25. The van der Waals surface area contributed by atoms with E-state index >= 15 is 0 Å². The zero-order valence-electron chi connectivity index (χ0n) is 13.8. The van der Waals surface area contributed by atoms with Crippen LogP contribution < -0.4 is 13.9 Å². The van der Waals surface area contributed by atoms with Crippen LogP contribution in [0, 0.1) is 12.1 Å². The minimum absolute atomic E-state index is 0.126. The first kappa shape index (κ1) is 17.1. The summed E-state index contributed by atoms with van der Waals surface area (Å²) < 4.78 is 2.31. The fourth-order valence-electron chi connectivity index (χ4n) is 2.15. The van der Waals surface area contributed by atoms with Gasteiger partial charge in [-0.05, 0) is 43.7 Å². The summed E-state index contributed by atoms with van der Waals surface area (Å²) in [6, 6.07) is 11.1. The Morgan fingerprint density at radius 3 is 2.61 bits per heavy atom. The molecule has 0 atom stereocenters. The van der Waals surface area contributed by atoms with Crippen LogP contribution in [-0.4, -0.2) is 19.5 Å². The van der Waals surface area contributed by atoms with Crippen LogP contribution in [0.3, 0.4) is 0 Å². The molecule has 23 heavy (non-hydrogen) atoms. The van der Waals surface area contributed by atoms with Gasteiger partial charge in [0.25, 0.3) is 5.03 Å². The zero-order valence-corrected chi connectivity index (χ0v) is 14.6. The standard InChI is InChI=1S/C17H21N3O2S/c1-5-18(4)15-9-10-16(13(2)12-15)20(14(3)21)23-17-8-6-7-11-19(17)22/h6-12H,5H2,1-4H3. The van der Waals surface area contributed by atoms with E-state index in [9.17, 15) is 10.0 Å². The highest BCUT2D eigenvalue weighted by Crippen LogP contribution is 2.32. The molecule has 0 unspecified atom stereocenters. The van der Waals surface area contributed by atoms with E-state index in [0.29, 0.717) is 5.03 Å². The number of carbonyl (C=O) groups is 1. The molecule has 6 heteroatoms. The zero-order chi connectivity index (χ0) is 17.0. The molecule has 0 spiro atoms. The molecule has 0 fully saturated rings. The van der Waals surface area contributed by atoms with Crippen molar-refractivity contribution >= 4 is 29.2 Å². The van der Waals surface area contributed by atoms with Gasteiger partial charge in [0.1, 0.15) is 0 Å². The Labute approximate surface area is 141 Å². The maximum atomic E-state index is 12.1. The van der Waals surface area contributed by atoms with E-state index in [1.165, 1.54) is 13.1 Å². The van der Waals surface area contributed by atoms with Gasteiger partial charge in [-0.25, -0.2) is 4.31 Å². The summed E-state index contributed by atoms with van der Waals surface area (Å²) in [6.45, 7) is 6.46. The molecule has 0 radical (unpaired) electrons. The maximum Gasteiger partial charge on any atom is 0.272 e. The SMILES string of the molecule is CCN(C)c1ccc(N(Sc2cccc[n+]2[O-])C(C)=O)c(C)c1. The van der Waals surface area contributed by atoms with E-state index in [1.54, 1.807) is 22.5 Å². The summed E-state index contributed by atoms with van der Waals surface area (Å²) in [5, 5.41) is 12.3. The molecule has 0 bridgehead atoms. The topological polar surface area (TPSA) is 50.5 Å². The predicted octanol–water partition coefficient (Wildman–Crippen LogP) is 3.14. The van der Waals surface area contributed by atoms with Crippen LogP contribution in [0.2, 0.25) is 0 Å². The number of amides is 1. The molecule has 122 valence electrons. The lowest BCUT2D eigenvalue weighted by atomic mass is 10.1. The summed E-state index contributed by atoms with van der Waals surface area (Å²) >= 11 is 1.13. The van der Waals surface area contributed by atoms with E-state index in [2.05, 4.69) is 11.8 Å². The quantitative estimate of drug-likeness (QED) is 0.480. The molecule has 2 rings (SSSR count). The average Bonchev–Trinajstić information content (AvgIpc) is 2.53. The highest BCUT2D eigenvalue weighted by atomic mass is 32.2. The van der Waals surface area contributed by atoms with E-state index in [1.807, 2.05) is 32.2 Å². The number of carbonyl (C=O) groups excluding carboxylic acids is 1. The van der Waals surface area contributed by atoms with E-state index < -0.39 is 0 Å². The van der Waals surface area contributed by atoms with Gasteiger partial charge in [-0.15, -0.1) is 0 Å². The van der Waals surface area contributed by atoms with Gasteiger partial charge in [-0.2, -0.15) is 4.73 Å². The summed E-state index contributed by atoms with van der Waals surface area (Å²) in [6.07, 6.45) is 1.42. The maximum absolute atomic E-state index is 12.1. The Kier molecular flexibility index (Phi) is 5.50. The van der Waals surface area contributed by atoms with Crippen molar-refractivity contribution in [3.05, 3.63) is 53.4 Å². The van der Waals surface area contributed by atoms with Crippen molar-refractivity contribution in [3.8, 4) is 0 Å². The molecule has 0 N–H and O–H groups in total. The molecule has 0 aliphatic carbocycles. The van der Waals surface area contributed by atoms with Crippen molar-refractivity contribution in [3.63, 3.8) is 0 Å². The van der Waals surface area contributed by atoms with Crippen molar-refractivity contribution in [2.45, 2.75) is 25.8 Å². The monoisotopic (exact) mass is 331 g/mol. The number of anilines is 2. The minimum atomic E-state index is -0.126. The third kappa shape index (κ3) is 3.96. The van der Waals surface area contributed by atoms with Crippen molar-refractivity contribution < 1.29 is 9.52 Å². The van der Waals surface area contributed by atoms with Crippen molar-refractivity contribution in [1.82, 2.24) is 0 Å². The number of hydrogen-bond donors (Lipinski definition) is 0. The molecule has 1 aromatic heterocycles. The van der Waals surface area contributed by atoms with Crippen molar-refractivity contribution in [2.24, 2.45) is 0 Å². The van der Waals surface area contributed by atoms with Crippen LogP contribution in [0.15, 0.2) is 47.6 Å². The molecule has 0 saturated heterocycles. The molecular weight excluding hydrogens is 310 g/mol. The highest BCUT2D eigenvalue weighted by molar-refractivity contribution is 8.01. The third-order valence-electron chi connectivity index (χ3n) is 3.57. The van der Waals surface area contributed by atoms with Crippen molar-refractivity contribution in [1.29, 1.82) is 0 Å². The van der Waals surface area contributed by atoms with Gasteiger partial charge in [0.05, 0.1) is 17.6 Å². The first-order valence-electron chi connectivity index (χ1n) is 7.42. The lowest BCUT2D eigenvalue weighted by molar-refractivity contribution is -0.645. The largest absolute Gasteiger partial charge is 0.618 e. The number of nitrogens with zero attached hydrogens (tertiary/aromatic N) is 3. The Morgan fingerprint density at radius 2 is 2.04 bits per heavy atom. The van der Waals surface area contributed by atoms with Gasteiger partial charge in [-0.3, -0.25) is 4.79 Å². The Hall–Kier alpha value is -2.21. The molecule has 1 amide bonds. The van der Waals surface area contributed by atoms with Crippen LogP contribution in [0.25, 0.3) is 0 Å². The molecule has 2 aromatic rings. The van der Waals surface area contributed by atoms with Gasteiger partial charge in [-0.1, -0.05) is 0 Å². The number of benzene rings is 1. The smallest absolute Gasteiger partial charge is 0.272 e. The number of hydrogen-bond acceptors (Lipinski definition) is 4. The molecule has 0 saturated carbocycles. The van der Waals surface area contributed by atoms with Gasteiger partial charge < -0.3 is 10.1 Å². The van der Waals surface area contributed by atoms with E-state index in [4.69, 9.17) is 0 Å². The van der Waals surface area contributed by atoms with Crippen LogP contribution in [0.5, 0.6) is 0 Å². The summed E-state index contributed by atoms with van der Waals surface area (Å²) in [7, 11) is 2.02. The summed E-state index contributed by atoms with van der Waals surface area (Å²) in [4.78, 5) is 14.2. The normalized spacial score (nSPS) is 10.4. The van der Waals surface area contributed by atoms with Gasteiger partial charge in [0.15, 0.2) is 6.20 Å². The second-order valence-corrected chi connectivity index (χ2v) is 6.22. The average molecular weight is 331 g/mol. The first-order valence-corrected chi connectivity index (χ1v) is 8.20. The van der Waals surface area contributed by atoms with Crippen molar-refractivity contribution in [2.75, 3.05) is 22.8 Å². The number of rotatable bonds is 5. The van der Waals surface area contributed by atoms with E-state index in [0.717, 1.165) is 40.2 Å². The first-order chi connectivity index (χ1) is 10.9. The van der Waals surface area contributed by atoms with Crippen LogP contribution in [-0.2, 0) is 4.79 Å². The number of aromatic nitrogens is 1. The molecule has 1 aromatic carbocycles. The Balaban J connectivity index is 2.35. The van der Waals surface area contributed by atoms with E-state index in [-0.39, 0.29) is 5.91 Å². The number of aryl methyl sites for hydroxylation is 1. The minimum Gasteiger partial charge on any atom is -0.618 e. The molecule has 1 heterocycles. The molecule has 0 aliphatic rings. The lowest BCUT2D eigenvalue weighted by Crippen LogP contribution is -2.31. The van der Waals surface area contributed by atoms with Crippen LogP contribution in [0.4, 0.5) is 11.4 Å². The summed E-state index contributed by atoms with van der Waals surface area (Å²) in [5.74, 6) is -0.126. The van der Waals surface area contributed by atoms with Crippen LogP contribution in [0.1, 0.15) is 19.4 Å². The van der Waals surface area contributed by atoms with Gasteiger partial charge in [0.2, 0.25) is 5.91 Å². The molecule has 0 aliphatic heterocycles. The third-order valence-corrected chi connectivity index (χ3v) is 4.71.